The predicted molar refractivity (Wildman–Crippen MR) is 132 cm³/mol. The Labute approximate surface area is 212 Å². The molecule has 0 atom stereocenters. The summed E-state index contributed by atoms with van der Waals surface area (Å²) >= 11 is 0. The van der Waals surface area contributed by atoms with Crippen molar-refractivity contribution in [3.63, 3.8) is 0 Å². The molecule has 0 bridgehead atoms. The first-order chi connectivity index (χ1) is 17.3. The van der Waals surface area contributed by atoms with Gasteiger partial charge in [0.1, 0.15) is 6.61 Å². The van der Waals surface area contributed by atoms with Gasteiger partial charge in [-0.3, -0.25) is 4.79 Å². The number of unbranched alkanes of at least 4 members (excludes halogenated alkanes) is 2. The van der Waals surface area contributed by atoms with Crippen molar-refractivity contribution in [3.8, 4) is 0 Å². The molecule has 35 heavy (non-hydrogen) atoms. The van der Waals surface area contributed by atoms with Crippen LogP contribution in [0.4, 0.5) is 0 Å². The molecule has 210 valence electrons. The van der Waals surface area contributed by atoms with E-state index in [0.717, 1.165) is 19.4 Å². The number of hydrogen-bond donors (Lipinski definition) is 0. The monoisotopic (exact) mass is 510 g/mol. The molecule has 0 N–H and O–H groups in total. The van der Waals surface area contributed by atoms with Crippen molar-refractivity contribution in [2.24, 2.45) is 0 Å². The van der Waals surface area contributed by atoms with Gasteiger partial charge in [-0.05, 0) is 12.8 Å². The van der Waals surface area contributed by atoms with Crippen LogP contribution in [0.25, 0.3) is 0 Å². The fourth-order valence-electron chi connectivity index (χ4n) is 2.59. The van der Waals surface area contributed by atoms with Gasteiger partial charge >= 0.3 is 5.97 Å². The molecule has 0 aliphatic rings. The molecule has 0 aliphatic heterocycles. The molecule has 0 aromatic heterocycles. The van der Waals surface area contributed by atoms with E-state index < -0.39 is 0 Å². The van der Waals surface area contributed by atoms with Gasteiger partial charge in [0.15, 0.2) is 0 Å². The Balaban J connectivity index is 3.04. The van der Waals surface area contributed by atoms with Crippen LogP contribution in [0.15, 0.2) is 0 Å². The van der Waals surface area contributed by atoms with E-state index in [4.69, 9.17) is 42.6 Å². The Bertz CT molecular complexity index is 412. The Morgan fingerprint density at radius 2 is 0.714 bits per heavy atom. The van der Waals surface area contributed by atoms with Crippen LogP contribution in [-0.2, 0) is 47.4 Å². The van der Waals surface area contributed by atoms with E-state index in [1.165, 1.54) is 12.8 Å². The topological polar surface area (TPSA) is 100 Å². The highest BCUT2D eigenvalue weighted by Crippen LogP contribution is 1.94. The quantitative estimate of drug-likeness (QED) is 0.106. The van der Waals surface area contributed by atoms with Crippen LogP contribution < -0.4 is 0 Å². The third-order valence-corrected chi connectivity index (χ3v) is 4.44. The second kappa shape index (κ2) is 31.2. The first-order valence-corrected chi connectivity index (χ1v) is 13.1. The molecule has 0 unspecified atom stereocenters. The van der Waals surface area contributed by atoms with E-state index in [2.05, 4.69) is 6.92 Å². The second-order valence-corrected chi connectivity index (χ2v) is 7.58. The number of ether oxygens (including phenoxy) is 9. The van der Waals surface area contributed by atoms with Crippen LogP contribution in [0.3, 0.4) is 0 Å². The number of hydrogen-bond acceptors (Lipinski definition) is 10. The summed E-state index contributed by atoms with van der Waals surface area (Å²) in [5, 5.41) is 0. The van der Waals surface area contributed by atoms with E-state index in [9.17, 15) is 4.79 Å². The zero-order chi connectivity index (χ0) is 25.5. The summed E-state index contributed by atoms with van der Waals surface area (Å²) in [6, 6.07) is 0. The molecule has 0 spiro atoms. The minimum atomic E-state index is -0.182. The van der Waals surface area contributed by atoms with Crippen LogP contribution in [0.2, 0.25) is 0 Å². The Hall–Kier alpha value is -0.850. The van der Waals surface area contributed by atoms with E-state index in [1.54, 1.807) is 0 Å². The smallest absolute Gasteiger partial charge is 0.305 e. The molecule has 10 heteroatoms. The summed E-state index contributed by atoms with van der Waals surface area (Å²) < 4.78 is 48.4. The van der Waals surface area contributed by atoms with E-state index in [-0.39, 0.29) is 12.6 Å². The van der Waals surface area contributed by atoms with Crippen LogP contribution in [0, 0.1) is 0 Å². The lowest BCUT2D eigenvalue weighted by Gasteiger charge is -2.09. The van der Waals surface area contributed by atoms with E-state index >= 15 is 0 Å². The molecule has 0 fully saturated rings. The van der Waals surface area contributed by atoms with Gasteiger partial charge in [-0.15, -0.1) is 0 Å². The summed E-state index contributed by atoms with van der Waals surface area (Å²) in [7, 11) is 0. The predicted octanol–water partition coefficient (Wildman–Crippen LogP) is 2.65. The highest BCUT2D eigenvalue weighted by Gasteiger charge is 2.00. The summed E-state index contributed by atoms with van der Waals surface area (Å²) in [5.74, 6) is -0.182. The van der Waals surface area contributed by atoms with Crippen LogP contribution in [-0.4, -0.2) is 118 Å². The molecule has 0 radical (unpaired) electrons. The number of esters is 1. The lowest BCUT2D eigenvalue weighted by Crippen LogP contribution is -2.15. The molecule has 0 heterocycles. The minimum absolute atomic E-state index is 0.182. The molecule has 0 amide bonds. The van der Waals surface area contributed by atoms with Crippen LogP contribution in [0.1, 0.15) is 46.0 Å². The SMILES string of the molecule is CCCCCOCCOCCOCCOCCOCCOCCOCCOCCOC(=O)CCC. The third-order valence-electron chi connectivity index (χ3n) is 4.44. The van der Waals surface area contributed by atoms with Crippen molar-refractivity contribution >= 4 is 5.97 Å². The van der Waals surface area contributed by atoms with Crippen molar-refractivity contribution in [3.05, 3.63) is 0 Å². The molecular formula is C25H50O10. The second-order valence-electron chi connectivity index (χ2n) is 7.58. The fraction of sp³-hybridized carbons (Fsp3) is 0.960. The lowest BCUT2D eigenvalue weighted by atomic mass is 10.3. The van der Waals surface area contributed by atoms with E-state index in [0.29, 0.717) is 106 Å². The van der Waals surface area contributed by atoms with Crippen molar-refractivity contribution in [1.29, 1.82) is 0 Å². The molecule has 0 saturated carbocycles. The molecular weight excluding hydrogens is 460 g/mol. The highest BCUT2D eigenvalue weighted by molar-refractivity contribution is 5.69. The van der Waals surface area contributed by atoms with Gasteiger partial charge in [0.25, 0.3) is 0 Å². The van der Waals surface area contributed by atoms with E-state index in [1.807, 2.05) is 6.92 Å². The zero-order valence-electron chi connectivity index (χ0n) is 22.1. The first kappa shape index (κ1) is 34.1. The minimum Gasteiger partial charge on any atom is -0.463 e. The van der Waals surface area contributed by atoms with Gasteiger partial charge in [0.05, 0.1) is 99.1 Å². The molecule has 0 aromatic carbocycles. The van der Waals surface area contributed by atoms with Crippen molar-refractivity contribution in [1.82, 2.24) is 0 Å². The summed E-state index contributed by atoms with van der Waals surface area (Å²) in [5.41, 5.74) is 0. The Morgan fingerprint density at radius 1 is 0.400 bits per heavy atom. The first-order valence-electron chi connectivity index (χ1n) is 13.1. The normalized spacial score (nSPS) is 11.3. The summed E-state index contributed by atoms with van der Waals surface area (Å²) in [4.78, 5) is 11.1. The van der Waals surface area contributed by atoms with Gasteiger partial charge in [0.2, 0.25) is 0 Å². The molecule has 0 aliphatic carbocycles. The van der Waals surface area contributed by atoms with Crippen molar-refractivity contribution in [2.75, 3.05) is 112 Å². The molecule has 0 aromatic rings. The third kappa shape index (κ3) is 31.1. The van der Waals surface area contributed by atoms with Gasteiger partial charge < -0.3 is 42.6 Å². The van der Waals surface area contributed by atoms with Crippen molar-refractivity contribution in [2.45, 2.75) is 46.0 Å². The van der Waals surface area contributed by atoms with Gasteiger partial charge in [-0.1, -0.05) is 26.7 Å². The number of carbonyl (C=O) groups is 1. The van der Waals surface area contributed by atoms with Crippen LogP contribution in [0.5, 0.6) is 0 Å². The van der Waals surface area contributed by atoms with Gasteiger partial charge in [0, 0.05) is 13.0 Å². The number of carbonyl (C=O) groups excluding carboxylic acids is 1. The maximum absolute atomic E-state index is 11.1. The molecule has 0 saturated heterocycles. The number of rotatable bonds is 30. The average molecular weight is 511 g/mol. The summed E-state index contributed by atoms with van der Waals surface area (Å²) in [6.45, 7) is 13.0. The fourth-order valence-corrected chi connectivity index (χ4v) is 2.59. The standard InChI is InChI=1S/C25H50O10/c1-3-5-6-8-27-9-10-28-11-12-29-13-14-30-15-16-31-17-18-32-19-20-33-21-22-34-23-24-35-25(26)7-4-2/h3-24H2,1-2H3. The summed E-state index contributed by atoms with van der Waals surface area (Å²) in [6.07, 6.45) is 4.79. The Kier molecular flexibility index (Phi) is 30.4. The maximum atomic E-state index is 11.1. The van der Waals surface area contributed by atoms with Crippen molar-refractivity contribution < 1.29 is 47.4 Å². The van der Waals surface area contributed by atoms with Gasteiger partial charge in [-0.2, -0.15) is 0 Å². The highest BCUT2D eigenvalue weighted by atomic mass is 16.6. The maximum Gasteiger partial charge on any atom is 0.305 e. The average Bonchev–Trinajstić information content (AvgIpc) is 2.86. The largest absolute Gasteiger partial charge is 0.463 e. The lowest BCUT2D eigenvalue weighted by molar-refractivity contribution is -0.145. The zero-order valence-corrected chi connectivity index (χ0v) is 22.1. The van der Waals surface area contributed by atoms with Crippen LogP contribution >= 0.6 is 0 Å². The molecule has 0 rings (SSSR count). The molecule has 10 nitrogen and oxygen atoms in total. The Morgan fingerprint density at radius 3 is 1.03 bits per heavy atom. The van der Waals surface area contributed by atoms with Gasteiger partial charge in [-0.25, -0.2) is 0 Å².